The van der Waals surface area contributed by atoms with E-state index in [1.54, 1.807) is 37.5 Å². The lowest BCUT2D eigenvalue weighted by molar-refractivity contribution is 0.0951. The number of hydrogen-bond donors (Lipinski definition) is 2. The summed E-state index contributed by atoms with van der Waals surface area (Å²) in [6.07, 6.45) is 3.25. The average Bonchev–Trinajstić information content (AvgIpc) is 2.78. The SMILES string of the molecule is Cc1nccc(-c2nc(-c3cccc(C(=O)NCc4ccccc4)c3)cnc2N)n1. The second kappa shape index (κ2) is 8.48. The van der Waals surface area contributed by atoms with E-state index in [2.05, 4.69) is 25.3 Å². The molecular weight excluding hydrogens is 376 g/mol. The van der Waals surface area contributed by atoms with E-state index in [4.69, 9.17) is 5.73 Å². The predicted molar refractivity (Wildman–Crippen MR) is 115 cm³/mol. The van der Waals surface area contributed by atoms with Crippen molar-refractivity contribution in [3.05, 3.63) is 90.0 Å². The minimum atomic E-state index is -0.157. The zero-order valence-corrected chi connectivity index (χ0v) is 16.4. The van der Waals surface area contributed by atoms with E-state index < -0.39 is 0 Å². The van der Waals surface area contributed by atoms with Crippen LogP contribution in [0.15, 0.2) is 73.1 Å². The molecule has 0 spiro atoms. The number of hydrogen-bond acceptors (Lipinski definition) is 6. The fraction of sp³-hybridized carbons (Fsp3) is 0.0870. The Morgan fingerprint density at radius 1 is 0.967 bits per heavy atom. The highest BCUT2D eigenvalue weighted by molar-refractivity contribution is 5.95. The van der Waals surface area contributed by atoms with Crippen molar-refractivity contribution in [3.8, 4) is 22.6 Å². The molecule has 0 aliphatic rings. The van der Waals surface area contributed by atoms with Gasteiger partial charge in [-0.15, -0.1) is 0 Å². The Balaban J connectivity index is 1.59. The van der Waals surface area contributed by atoms with Crippen LogP contribution in [0.1, 0.15) is 21.7 Å². The van der Waals surface area contributed by atoms with Crippen LogP contribution in [0.2, 0.25) is 0 Å². The number of rotatable bonds is 5. The van der Waals surface area contributed by atoms with Crippen LogP contribution >= 0.6 is 0 Å². The van der Waals surface area contributed by atoms with Gasteiger partial charge in [0.15, 0.2) is 5.82 Å². The van der Waals surface area contributed by atoms with E-state index in [1.807, 2.05) is 42.5 Å². The quantitative estimate of drug-likeness (QED) is 0.535. The number of nitrogen functional groups attached to an aromatic ring is 1. The molecule has 0 unspecified atom stereocenters. The van der Waals surface area contributed by atoms with Gasteiger partial charge in [-0.05, 0) is 30.7 Å². The minimum absolute atomic E-state index is 0.157. The zero-order valence-electron chi connectivity index (χ0n) is 16.4. The first-order valence-electron chi connectivity index (χ1n) is 9.45. The average molecular weight is 396 g/mol. The lowest BCUT2D eigenvalue weighted by atomic mass is 10.1. The number of amides is 1. The molecule has 7 nitrogen and oxygen atoms in total. The molecule has 0 saturated carbocycles. The highest BCUT2D eigenvalue weighted by Gasteiger charge is 2.12. The number of anilines is 1. The van der Waals surface area contributed by atoms with Crippen molar-refractivity contribution >= 4 is 11.7 Å². The van der Waals surface area contributed by atoms with Gasteiger partial charge in [0.1, 0.15) is 11.5 Å². The van der Waals surface area contributed by atoms with Crippen molar-refractivity contribution in [2.75, 3.05) is 5.73 Å². The molecule has 7 heteroatoms. The maximum atomic E-state index is 12.6. The number of nitrogens with two attached hydrogens (primary N) is 1. The number of carbonyl (C=O) groups excluding carboxylic acids is 1. The molecule has 3 N–H and O–H groups in total. The van der Waals surface area contributed by atoms with Crippen molar-refractivity contribution < 1.29 is 4.79 Å². The Bertz CT molecular complexity index is 1190. The number of benzene rings is 2. The van der Waals surface area contributed by atoms with Crippen LogP contribution < -0.4 is 11.1 Å². The first-order valence-corrected chi connectivity index (χ1v) is 9.45. The molecule has 30 heavy (non-hydrogen) atoms. The maximum Gasteiger partial charge on any atom is 0.251 e. The van der Waals surface area contributed by atoms with Crippen LogP contribution in [0.5, 0.6) is 0 Å². The Morgan fingerprint density at radius 3 is 2.60 bits per heavy atom. The second-order valence-electron chi connectivity index (χ2n) is 6.73. The monoisotopic (exact) mass is 396 g/mol. The molecule has 4 aromatic rings. The summed E-state index contributed by atoms with van der Waals surface area (Å²) in [5.74, 6) is 0.751. The molecule has 0 bridgehead atoms. The van der Waals surface area contributed by atoms with Gasteiger partial charge in [0.05, 0.1) is 17.6 Å². The molecule has 4 rings (SSSR count). The topological polar surface area (TPSA) is 107 Å². The van der Waals surface area contributed by atoms with Crippen LogP contribution in [0.4, 0.5) is 5.82 Å². The third-order valence-corrected chi connectivity index (χ3v) is 4.54. The number of nitrogens with one attached hydrogen (secondary N) is 1. The fourth-order valence-corrected chi connectivity index (χ4v) is 3.01. The third kappa shape index (κ3) is 4.30. The highest BCUT2D eigenvalue weighted by atomic mass is 16.1. The smallest absolute Gasteiger partial charge is 0.251 e. The molecule has 0 atom stereocenters. The summed E-state index contributed by atoms with van der Waals surface area (Å²) in [5, 5.41) is 2.93. The summed E-state index contributed by atoms with van der Waals surface area (Å²) >= 11 is 0. The Morgan fingerprint density at radius 2 is 1.80 bits per heavy atom. The molecular formula is C23H20N6O. The summed E-state index contributed by atoms with van der Waals surface area (Å²) < 4.78 is 0. The normalized spacial score (nSPS) is 10.6. The van der Waals surface area contributed by atoms with E-state index in [-0.39, 0.29) is 11.7 Å². The van der Waals surface area contributed by atoms with Gasteiger partial charge in [-0.1, -0.05) is 42.5 Å². The van der Waals surface area contributed by atoms with E-state index >= 15 is 0 Å². The molecule has 2 aromatic carbocycles. The maximum absolute atomic E-state index is 12.6. The molecule has 2 heterocycles. The van der Waals surface area contributed by atoms with Crippen molar-refractivity contribution in [1.29, 1.82) is 0 Å². The van der Waals surface area contributed by atoms with E-state index in [9.17, 15) is 4.79 Å². The van der Waals surface area contributed by atoms with Crippen molar-refractivity contribution in [1.82, 2.24) is 25.3 Å². The van der Waals surface area contributed by atoms with Crippen molar-refractivity contribution in [2.24, 2.45) is 0 Å². The summed E-state index contributed by atoms with van der Waals surface area (Å²) in [6, 6.07) is 18.8. The molecule has 0 radical (unpaired) electrons. The van der Waals surface area contributed by atoms with E-state index in [0.29, 0.717) is 35.0 Å². The van der Waals surface area contributed by atoms with Crippen LogP contribution in [-0.4, -0.2) is 25.8 Å². The van der Waals surface area contributed by atoms with E-state index in [0.717, 1.165) is 11.1 Å². The Hall–Kier alpha value is -4.13. The van der Waals surface area contributed by atoms with Gasteiger partial charge < -0.3 is 11.1 Å². The third-order valence-electron chi connectivity index (χ3n) is 4.54. The van der Waals surface area contributed by atoms with Gasteiger partial charge >= 0.3 is 0 Å². The number of aromatic nitrogens is 4. The fourth-order valence-electron chi connectivity index (χ4n) is 3.01. The summed E-state index contributed by atoms with van der Waals surface area (Å²) in [4.78, 5) is 30.0. The van der Waals surface area contributed by atoms with Crippen LogP contribution in [0.3, 0.4) is 0 Å². The summed E-state index contributed by atoms with van der Waals surface area (Å²) in [6.45, 7) is 2.26. The predicted octanol–water partition coefficient (Wildman–Crippen LogP) is 3.42. The van der Waals surface area contributed by atoms with E-state index in [1.165, 1.54) is 0 Å². The van der Waals surface area contributed by atoms with Crippen molar-refractivity contribution in [2.45, 2.75) is 13.5 Å². The highest BCUT2D eigenvalue weighted by Crippen LogP contribution is 2.25. The number of nitrogens with zero attached hydrogens (tertiary/aromatic N) is 4. The lowest BCUT2D eigenvalue weighted by Crippen LogP contribution is -2.22. The standard InChI is InChI=1S/C23H20N6O/c1-15-25-11-10-19(28-15)21-22(24)26-14-20(29-21)17-8-5-9-18(12-17)23(30)27-13-16-6-3-2-4-7-16/h2-12,14H,13H2,1H3,(H2,24,26)(H,27,30). The van der Waals surface area contributed by atoms with Crippen LogP contribution in [0, 0.1) is 6.92 Å². The van der Waals surface area contributed by atoms with Gasteiger partial charge in [-0.2, -0.15) is 0 Å². The first-order chi connectivity index (χ1) is 14.6. The van der Waals surface area contributed by atoms with Gasteiger partial charge in [-0.3, -0.25) is 4.79 Å². The van der Waals surface area contributed by atoms with Gasteiger partial charge in [0, 0.05) is 23.9 Å². The lowest BCUT2D eigenvalue weighted by Gasteiger charge is -2.09. The molecule has 1 amide bonds. The van der Waals surface area contributed by atoms with Gasteiger partial charge in [-0.25, -0.2) is 19.9 Å². The molecule has 2 aromatic heterocycles. The molecule has 0 saturated heterocycles. The van der Waals surface area contributed by atoms with Crippen molar-refractivity contribution in [3.63, 3.8) is 0 Å². The summed E-state index contributed by atoms with van der Waals surface area (Å²) in [5.41, 5.74) is 10.1. The van der Waals surface area contributed by atoms with Crippen LogP contribution in [0.25, 0.3) is 22.6 Å². The van der Waals surface area contributed by atoms with Crippen LogP contribution in [-0.2, 0) is 6.54 Å². The largest absolute Gasteiger partial charge is 0.382 e. The number of carbonyl (C=O) groups is 1. The molecule has 0 aliphatic heterocycles. The molecule has 0 fully saturated rings. The van der Waals surface area contributed by atoms with Gasteiger partial charge in [0.25, 0.3) is 5.91 Å². The minimum Gasteiger partial charge on any atom is -0.382 e. The Kier molecular flexibility index (Phi) is 5.43. The second-order valence-corrected chi connectivity index (χ2v) is 6.73. The Labute approximate surface area is 174 Å². The summed E-state index contributed by atoms with van der Waals surface area (Å²) in [7, 11) is 0. The van der Waals surface area contributed by atoms with Gasteiger partial charge in [0.2, 0.25) is 0 Å². The number of aryl methyl sites for hydroxylation is 1. The zero-order chi connectivity index (χ0) is 20.9. The molecule has 0 aliphatic carbocycles. The first kappa shape index (κ1) is 19.2. The molecule has 148 valence electrons.